The summed E-state index contributed by atoms with van der Waals surface area (Å²) in [5.74, 6) is -1.22. The summed E-state index contributed by atoms with van der Waals surface area (Å²) in [4.78, 5) is 130. The second-order valence-corrected chi connectivity index (χ2v) is 22.5. The lowest BCUT2D eigenvalue weighted by atomic mass is 9.87. The molecular weight excluding hydrogens is 1050 g/mol. The van der Waals surface area contributed by atoms with Crippen LogP contribution in [0.3, 0.4) is 0 Å². The zero-order chi connectivity index (χ0) is 57.8. The predicted octanol–water partition coefficient (Wildman–Crippen LogP) is 6.46. The molecule has 426 valence electrons. The van der Waals surface area contributed by atoms with Gasteiger partial charge in [-0.1, -0.05) is 78.6 Å². The second-order valence-electron chi connectivity index (χ2n) is 22.5. The summed E-state index contributed by atoms with van der Waals surface area (Å²) < 4.78 is 28.3. The fourth-order valence-corrected chi connectivity index (χ4v) is 12.5. The number of piperidine rings is 2. The van der Waals surface area contributed by atoms with E-state index in [4.69, 9.17) is 5.73 Å². The summed E-state index contributed by atoms with van der Waals surface area (Å²) >= 11 is 0. The SMILES string of the molecule is CC(F)(F)c1ccc2[nH]c(C(=O)N[C@H]3Cc4ccccc4[C@H]4CC[C@@H](C(=O)N[C@@H](CCC(N)=O)C(=O)C[C@@H](Cc5ccccc5)C(=O)N5CCC(CCCC#Cc6cccc7c6CN(C6CCC(=O)NC6=O)C7=O)CC5)N4C3=O)cc2c1. The lowest BCUT2D eigenvalue weighted by Crippen LogP contribution is -2.55. The molecule has 3 fully saturated rings. The summed E-state index contributed by atoms with van der Waals surface area (Å²) in [6.07, 6.45) is 4.69. The number of fused-ring (bicyclic) bond motifs is 5. The van der Waals surface area contributed by atoms with Crippen LogP contribution in [-0.2, 0) is 58.9 Å². The standard InChI is InChI=1S/C63H66F2N8O9/c1-63(64,65)43-19-20-47-41(32-43)34-49(67-47)57(77)69-50-33-40-15-8-9-17-44(40)51-22-23-53(73(51)62(50)82)59(79)68-48(21-25-55(66)75)54(74)35-42(31-38-12-5-2-6-13-38)60(80)71-29-27-37(28-30-71)11-4-3-7-14-39-16-10-18-45-46(39)36-72(61(45)81)52-24-26-56(76)70-58(52)78/h2,5-6,8-10,12-13,15-20,32,34,37,42,48,50-53,67H,3-4,11,21-31,33,35-36H2,1H3,(H2,66,75)(H,68,79)(H,69,77)(H,70,76,78)/t42-,48+,50+,51-,52?,53+/m1/s1. The average molecular weight is 1120 g/mol. The molecule has 6 N–H and O–H groups in total. The van der Waals surface area contributed by atoms with Crippen LogP contribution in [0.4, 0.5) is 8.78 Å². The third kappa shape index (κ3) is 12.5. The molecule has 3 saturated heterocycles. The van der Waals surface area contributed by atoms with Crippen LogP contribution in [0.5, 0.6) is 0 Å². The molecule has 5 aliphatic heterocycles. The van der Waals surface area contributed by atoms with Crippen LogP contribution >= 0.6 is 0 Å². The molecule has 0 saturated carbocycles. The first-order chi connectivity index (χ1) is 39.4. The van der Waals surface area contributed by atoms with E-state index in [0.717, 1.165) is 60.4 Å². The van der Waals surface area contributed by atoms with Gasteiger partial charge in [0.2, 0.25) is 35.4 Å². The van der Waals surface area contributed by atoms with Crippen LogP contribution < -0.4 is 21.7 Å². The highest BCUT2D eigenvalue weighted by Gasteiger charge is 2.48. The van der Waals surface area contributed by atoms with Crippen molar-refractivity contribution in [3.63, 3.8) is 0 Å². The highest BCUT2D eigenvalue weighted by atomic mass is 19.3. The third-order valence-corrected chi connectivity index (χ3v) is 16.9. The number of imide groups is 1. The van der Waals surface area contributed by atoms with Crippen molar-refractivity contribution in [3.05, 3.63) is 142 Å². The van der Waals surface area contributed by atoms with Crippen molar-refractivity contribution in [2.45, 2.75) is 139 Å². The van der Waals surface area contributed by atoms with Crippen molar-refractivity contribution >= 4 is 63.9 Å². The first-order valence-corrected chi connectivity index (χ1v) is 28.3. The van der Waals surface area contributed by atoms with Crippen molar-refractivity contribution < 1.29 is 51.9 Å². The number of ketones is 1. The number of hydrogen-bond donors (Lipinski definition) is 5. The lowest BCUT2D eigenvalue weighted by Gasteiger charge is -2.35. The molecule has 0 aliphatic carbocycles. The molecule has 5 aliphatic rings. The summed E-state index contributed by atoms with van der Waals surface area (Å²) in [5.41, 5.74) is 10.4. The number of carbonyl (C=O) groups is 9. The largest absolute Gasteiger partial charge is 0.370 e. The number of H-pyrrole nitrogens is 1. The van der Waals surface area contributed by atoms with Gasteiger partial charge >= 0.3 is 0 Å². The van der Waals surface area contributed by atoms with Gasteiger partial charge in [0, 0.05) is 92.2 Å². The average Bonchev–Trinajstić information content (AvgIpc) is 3.05. The number of likely N-dealkylation sites (tertiary alicyclic amines) is 1. The molecule has 6 heterocycles. The maximum atomic E-state index is 14.8. The number of halogens is 2. The van der Waals surface area contributed by atoms with Crippen molar-refractivity contribution in [1.82, 2.24) is 35.6 Å². The molecule has 0 bridgehead atoms. The van der Waals surface area contributed by atoms with Gasteiger partial charge in [-0.15, -0.1) is 0 Å². The van der Waals surface area contributed by atoms with E-state index in [9.17, 15) is 51.9 Å². The van der Waals surface area contributed by atoms with Gasteiger partial charge in [0.1, 0.15) is 23.8 Å². The maximum Gasteiger partial charge on any atom is 0.270 e. The number of amides is 8. The summed E-state index contributed by atoms with van der Waals surface area (Å²) in [6, 6.07) is 23.0. The zero-order valence-electron chi connectivity index (χ0n) is 45.6. The fourth-order valence-electron chi connectivity index (χ4n) is 12.5. The molecule has 5 aromatic rings. The van der Waals surface area contributed by atoms with E-state index < -0.39 is 77.4 Å². The summed E-state index contributed by atoms with van der Waals surface area (Å²) in [5, 5.41) is 8.44. The number of nitrogens with one attached hydrogen (secondary N) is 4. The smallest absolute Gasteiger partial charge is 0.270 e. The van der Waals surface area contributed by atoms with E-state index in [2.05, 4.69) is 32.8 Å². The van der Waals surface area contributed by atoms with E-state index >= 15 is 0 Å². The van der Waals surface area contributed by atoms with Crippen LogP contribution in [0.1, 0.15) is 144 Å². The molecule has 1 unspecified atom stereocenters. The molecular formula is C63H66F2N8O9. The van der Waals surface area contributed by atoms with Crippen LogP contribution in [0.25, 0.3) is 10.9 Å². The fraction of sp³-hybridized carbons (Fsp3) is 0.413. The minimum absolute atomic E-state index is 0.0568. The molecule has 10 rings (SSSR count). The van der Waals surface area contributed by atoms with Gasteiger partial charge in [-0.3, -0.25) is 48.5 Å². The van der Waals surface area contributed by atoms with Gasteiger partial charge in [0.25, 0.3) is 17.7 Å². The van der Waals surface area contributed by atoms with Crippen LogP contribution in [-0.4, -0.2) is 110 Å². The third-order valence-electron chi connectivity index (χ3n) is 16.9. The number of primary amides is 1. The topological polar surface area (TPSA) is 241 Å². The minimum atomic E-state index is -3.10. The van der Waals surface area contributed by atoms with Gasteiger partial charge in [0.05, 0.1) is 12.1 Å². The highest BCUT2D eigenvalue weighted by molar-refractivity contribution is 6.06. The molecule has 19 heteroatoms. The Balaban J connectivity index is 0.776. The van der Waals surface area contributed by atoms with Crippen molar-refractivity contribution in [2.24, 2.45) is 17.6 Å². The van der Waals surface area contributed by atoms with Crippen molar-refractivity contribution in [3.8, 4) is 11.8 Å². The molecule has 1 aromatic heterocycles. The summed E-state index contributed by atoms with van der Waals surface area (Å²) in [7, 11) is 0. The molecule has 0 radical (unpaired) electrons. The number of nitrogens with zero attached hydrogens (tertiary/aromatic N) is 3. The number of aromatic amines is 1. The Morgan fingerprint density at radius 2 is 1.63 bits per heavy atom. The van der Waals surface area contributed by atoms with E-state index in [1.807, 2.05) is 65.6 Å². The number of unbranched alkanes of at least 4 members (excludes halogenated alkanes) is 1. The van der Waals surface area contributed by atoms with Crippen LogP contribution in [0, 0.1) is 23.7 Å². The Bertz CT molecular complexity index is 3410. The van der Waals surface area contributed by atoms with Gasteiger partial charge in [-0.2, -0.15) is 0 Å². The summed E-state index contributed by atoms with van der Waals surface area (Å²) in [6.45, 7) is 2.02. The van der Waals surface area contributed by atoms with Gasteiger partial charge in [0.15, 0.2) is 5.78 Å². The number of benzene rings is 4. The van der Waals surface area contributed by atoms with Gasteiger partial charge in [-0.05, 0) is 116 Å². The second kappa shape index (κ2) is 24.3. The number of aromatic nitrogens is 1. The van der Waals surface area contributed by atoms with E-state index in [-0.39, 0.29) is 86.9 Å². The molecule has 82 heavy (non-hydrogen) atoms. The van der Waals surface area contributed by atoms with Crippen molar-refractivity contribution in [2.75, 3.05) is 13.1 Å². The first-order valence-electron chi connectivity index (χ1n) is 28.3. The highest BCUT2D eigenvalue weighted by Crippen LogP contribution is 2.41. The monoisotopic (exact) mass is 1120 g/mol. The zero-order valence-corrected chi connectivity index (χ0v) is 45.6. The number of Topliss-reactive ketones (excluding diaryl/α,β-unsaturated/α-hetero) is 1. The van der Waals surface area contributed by atoms with E-state index in [1.165, 1.54) is 34.1 Å². The number of rotatable bonds is 18. The Morgan fingerprint density at radius 3 is 2.39 bits per heavy atom. The van der Waals surface area contributed by atoms with Gasteiger partial charge < -0.3 is 36.1 Å². The number of nitrogens with two attached hydrogens (primary N) is 1. The first kappa shape index (κ1) is 56.7. The van der Waals surface area contributed by atoms with E-state index in [0.29, 0.717) is 48.3 Å². The van der Waals surface area contributed by atoms with E-state index in [1.54, 1.807) is 12.1 Å². The molecule has 17 nitrogen and oxygen atoms in total. The molecule has 0 spiro atoms. The lowest BCUT2D eigenvalue weighted by molar-refractivity contribution is -0.143. The molecule has 8 amide bonds. The Hall–Kier alpha value is -8.53. The maximum absolute atomic E-state index is 14.8. The van der Waals surface area contributed by atoms with Crippen molar-refractivity contribution in [1.29, 1.82) is 0 Å². The number of carbonyl (C=O) groups excluding carboxylic acids is 9. The van der Waals surface area contributed by atoms with Crippen LogP contribution in [0.15, 0.2) is 97.1 Å². The number of alkyl halides is 2. The quantitative estimate of drug-likeness (QED) is 0.0367. The van der Waals surface area contributed by atoms with Gasteiger partial charge in [-0.25, -0.2) is 8.78 Å². The Morgan fingerprint density at radius 1 is 0.866 bits per heavy atom. The normalized spacial score (nSPS) is 20.6. The Labute approximate surface area is 473 Å². The predicted molar refractivity (Wildman–Crippen MR) is 298 cm³/mol. The van der Waals surface area contributed by atoms with Crippen LogP contribution in [0.2, 0.25) is 0 Å². The minimum Gasteiger partial charge on any atom is -0.370 e. The number of hydrogen-bond acceptors (Lipinski definition) is 9. The Kier molecular flexibility index (Phi) is 16.8. The molecule has 4 aromatic carbocycles. The molecule has 6 atom stereocenters.